The van der Waals surface area contributed by atoms with Gasteiger partial charge in [-0.15, -0.1) is 0 Å². The molecule has 4 aromatic rings. The first-order chi connectivity index (χ1) is 19.8. The number of hydrogen-bond acceptors (Lipinski definition) is 5. The first-order valence-corrected chi connectivity index (χ1v) is 15.4. The van der Waals surface area contributed by atoms with Gasteiger partial charge in [-0.2, -0.15) is 0 Å². The third-order valence-corrected chi connectivity index (χ3v) is 8.85. The van der Waals surface area contributed by atoms with Gasteiger partial charge in [-0.1, -0.05) is 83.9 Å². The van der Waals surface area contributed by atoms with Crippen LogP contribution < -0.4 is 9.46 Å². The summed E-state index contributed by atoms with van der Waals surface area (Å²) >= 11 is 12.2. The van der Waals surface area contributed by atoms with E-state index in [-0.39, 0.29) is 34.2 Å². The highest BCUT2D eigenvalue weighted by molar-refractivity contribution is 7.92. The summed E-state index contributed by atoms with van der Waals surface area (Å²) < 4.78 is 33.7. The van der Waals surface area contributed by atoms with Crippen LogP contribution in [-0.4, -0.2) is 56.9 Å². The zero-order chi connectivity index (χ0) is 28.8. The molecule has 212 valence electrons. The number of halogens is 2. The van der Waals surface area contributed by atoms with Crippen molar-refractivity contribution in [1.82, 2.24) is 9.80 Å². The zero-order valence-electron chi connectivity index (χ0n) is 22.1. The number of nitrogens with zero attached hydrogens (tertiary/aromatic N) is 2. The molecule has 1 amide bonds. The van der Waals surface area contributed by atoms with Crippen molar-refractivity contribution in [2.45, 2.75) is 10.9 Å². The van der Waals surface area contributed by atoms with Crippen molar-refractivity contribution in [3.05, 3.63) is 124 Å². The predicted octanol–water partition coefficient (Wildman–Crippen LogP) is 6.11. The molecule has 0 bridgehead atoms. The van der Waals surface area contributed by atoms with E-state index in [1.165, 1.54) is 29.3 Å². The highest BCUT2D eigenvalue weighted by Crippen LogP contribution is 2.31. The number of ether oxygens (including phenoxy) is 1. The van der Waals surface area contributed by atoms with Gasteiger partial charge in [-0.3, -0.25) is 14.4 Å². The lowest BCUT2D eigenvalue weighted by Crippen LogP contribution is -2.51. The average molecular weight is 611 g/mol. The molecule has 5 rings (SSSR count). The summed E-state index contributed by atoms with van der Waals surface area (Å²) in [6.07, 6.45) is 0. The van der Waals surface area contributed by atoms with Crippen molar-refractivity contribution in [3.8, 4) is 5.75 Å². The molecule has 0 unspecified atom stereocenters. The van der Waals surface area contributed by atoms with E-state index in [1.54, 1.807) is 29.2 Å². The molecule has 1 aliphatic rings. The molecule has 0 aliphatic carbocycles. The minimum absolute atomic E-state index is 0.0290. The van der Waals surface area contributed by atoms with Crippen molar-refractivity contribution in [2.24, 2.45) is 0 Å². The van der Waals surface area contributed by atoms with E-state index in [0.717, 1.165) is 0 Å². The maximum atomic E-state index is 13.0. The van der Waals surface area contributed by atoms with Gasteiger partial charge < -0.3 is 9.64 Å². The van der Waals surface area contributed by atoms with Gasteiger partial charge in [0.15, 0.2) is 6.61 Å². The number of nitrogens with one attached hydrogen (secondary N) is 1. The number of rotatable bonds is 9. The van der Waals surface area contributed by atoms with Gasteiger partial charge in [0.05, 0.1) is 16.0 Å². The predicted molar refractivity (Wildman–Crippen MR) is 162 cm³/mol. The molecule has 0 atom stereocenters. The average Bonchev–Trinajstić information content (AvgIpc) is 2.99. The number of amides is 1. The van der Waals surface area contributed by atoms with E-state index in [9.17, 15) is 13.2 Å². The number of anilines is 1. The summed E-state index contributed by atoms with van der Waals surface area (Å²) in [5.41, 5.74) is 2.80. The number of carbonyl (C=O) groups excluding carboxylic acids is 1. The molecule has 41 heavy (non-hydrogen) atoms. The molecule has 0 spiro atoms. The fourth-order valence-electron chi connectivity index (χ4n) is 4.84. The van der Waals surface area contributed by atoms with Crippen LogP contribution in [0.2, 0.25) is 10.0 Å². The molecule has 1 saturated heterocycles. The van der Waals surface area contributed by atoms with Crippen LogP contribution in [0.5, 0.6) is 5.75 Å². The third kappa shape index (κ3) is 7.21. The van der Waals surface area contributed by atoms with E-state index in [4.69, 9.17) is 27.9 Å². The summed E-state index contributed by atoms with van der Waals surface area (Å²) in [5, 5.41) is 0.590. The van der Waals surface area contributed by atoms with E-state index >= 15 is 0 Å². The van der Waals surface area contributed by atoms with E-state index < -0.39 is 10.0 Å². The summed E-state index contributed by atoms with van der Waals surface area (Å²) in [6, 6.07) is 31.3. The van der Waals surface area contributed by atoms with Gasteiger partial charge in [0, 0.05) is 36.9 Å². The van der Waals surface area contributed by atoms with Crippen molar-refractivity contribution in [3.63, 3.8) is 0 Å². The quantitative estimate of drug-likeness (QED) is 0.248. The van der Waals surface area contributed by atoms with E-state index in [1.807, 2.05) is 36.4 Å². The Morgan fingerprint density at radius 3 is 1.95 bits per heavy atom. The highest BCUT2D eigenvalue weighted by Gasteiger charge is 2.28. The summed E-state index contributed by atoms with van der Waals surface area (Å²) in [7, 11) is -3.88. The number of hydrogen-bond donors (Lipinski definition) is 1. The Hall–Kier alpha value is -3.56. The van der Waals surface area contributed by atoms with Gasteiger partial charge >= 0.3 is 0 Å². The number of piperazine rings is 1. The second-order valence-corrected chi connectivity index (χ2v) is 12.2. The van der Waals surface area contributed by atoms with Crippen LogP contribution in [0.25, 0.3) is 0 Å². The third-order valence-electron chi connectivity index (χ3n) is 6.92. The van der Waals surface area contributed by atoms with Crippen molar-refractivity contribution in [2.75, 3.05) is 37.5 Å². The lowest BCUT2D eigenvalue weighted by Gasteiger charge is -2.39. The topological polar surface area (TPSA) is 78.9 Å². The summed E-state index contributed by atoms with van der Waals surface area (Å²) in [5.74, 6) is 0.0788. The lowest BCUT2D eigenvalue weighted by molar-refractivity contribution is -0.135. The second-order valence-electron chi connectivity index (χ2n) is 9.63. The molecule has 1 heterocycles. The van der Waals surface area contributed by atoms with Crippen LogP contribution in [0.1, 0.15) is 17.2 Å². The van der Waals surface area contributed by atoms with Gasteiger partial charge in [-0.05, 0) is 53.6 Å². The normalized spacial score (nSPS) is 14.2. The fraction of sp³-hybridized carbons (Fsp3) is 0.194. The number of sulfonamides is 1. The van der Waals surface area contributed by atoms with Gasteiger partial charge in [0.25, 0.3) is 15.9 Å². The van der Waals surface area contributed by atoms with Crippen LogP contribution in [0.15, 0.2) is 108 Å². The molecule has 10 heteroatoms. The molecule has 0 radical (unpaired) electrons. The summed E-state index contributed by atoms with van der Waals surface area (Å²) in [4.78, 5) is 17.1. The molecule has 4 aromatic carbocycles. The Kier molecular flexibility index (Phi) is 9.15. The van der Waals surface area contributed by atoms with Crippen LogP contribution in [0.3, 0.4) is 0 Å². The maximum Gasteiger partial charge on any atom is 0.261 e. The van der Waals surface area contributed by atoms with Crippen LogP contribution in [0.4, 0.5) is 5.69 Å². The molecule has 1 N–H and O–H groups in total. The SMILES string of the molecule is O=C(COc1ccc(S(=O)(=O)Nc2ccc(Cl)cc2)cc1Cl)N1CCN(C(c2ccccc2)c2ccccc2)CC1. The molecule has 0 saturated carbocycles. The second kappa shape index (κ2) is 13.0. The molecule has 1 aliphatic heterocycles. The van der Waals surface area contributed by atoms with Crippen molar-refractivity contribution >= 4 is 44.8 Å². The lowest BCUT2D eigenvalue weighted by atomic mass is 9.96. The Labute approximate surface area is 250 Å². The Morgan fingerprint density at radius 1 is 0.805 bits per heavy atom. The minimum Gasteiger partial charge on any atom is -0.482 e. The van der Waals surface area contributed by atoms with Crippen LogP contribution >= 0.6 is 23.2 Å². The number of benzene rings is 4. The Morgan fingerprint density at radius 2 is 1.39 bits per heavy atom. The first-order valence-electron chi connectivity index (χ1n) is 13.1. The molecule has 1 fully saturated rings. The monoisotopic (exact) mass is 609 g/mol. The smallest absolute Gasteiger partial charge is 0.261 e. The Balaban J connectivity index is 1.18. The zero-order valence-corrected chi connectivity index (χ0v) is 24.4. The molecule has 0 aromatic heterocycles. The molecular weight excluding hydrogens is 581 g/mol. The van der Waals surface area contributed by atoms with Gasteiger partial charge in [0.1, 0.15) is 5.75 Å². The van der Waals surface area contributed by atoms with E-state index in [2.05, 4.69) is 33.9 Å². The maximum absolute atomic E-state index is 13.0. The molecular formula is C31H29Cl2N3O4S. The van der Waals surface area contributed by atoms with E-state index in [0.29, 0.717) is 36.9 Å². The van der Waals surface area contributed by atoms with Crippen LogP contribution in [0, 0.1) is 0 Å². The fourth-order valence-corrected chi connectivity index (χ4v) is 6.35. The van der Waals surface area contributed by atoms with Gasteiger partial charge in [0.2, 0.25) is 0 Å². The minimum atomic E-state index is -3.88. The van der Waals surface area contributed by atoms with Crippen LogP contribution in [-0.2, 0) is 14.8 Å². The van der Waals surface area contributed by atoms with Gasteiger partial charge in [-0.25, -0.2) is 8.42 Å². The summed E-state index contributed by atoms with van der Waals surface area (Å²) in [6.45, 7) is 2.37. The highest BCUT2D eigenvalue weighted by atomic mass is 35.5. The standard InChI is InChI=1S/C31H29Cl2N3O4S/c32-25-11-13-26(14-12-25)34-41(38,39)27-15-16-29(28(33)21-27)40-22-30(37)35-17-19-36(20-18-35)31(23-7-3-1-4-8-23)24-9-5-2-6-10-24/h1-16,21,31,34H,17-20,22H2. The first kappa shape index (κ1) is 29.0. The molecule has 7 nitrogen and oxygen atoms in total. The van der Waals surface area contributed by atoms with Crippen molar-refractivity contribution in [1.29, 1.82) is 0 Å². The largest absolute Gasteiger partial charge is 0.482 e. The van der Waals surface area contributed by atoms with Crippen molar-refractivity contribution < 1.29 is 17.9 Å². The number of carbonyl (C=O) groups is 1. The Bertz CT molecular complexity index is 1540.